The molecule has 0 radical (unpaired) electrons. The Kier molecular flexibility index (Phi) is 3.39. The van der Waals surface area contributed by atoms with Crippen LogP contribution >= 0.6 is 0 Å². The minimum Gasteiger partial charge on any atom is -0.396 e. The Morgan fingerprint density at radius 3 is 2.64 bits per heavy atom. The summed E-state index contributed by atoms with van der Waals surface area (Å²) >= 11 is 0. The zero-order chi connectivity index (χ0) is 10.6. The summed E-state index contributed by atoms with van der Waals surface area (Å²) in [6.07, 6.45) is 0. The van der Waals surface area contributed by atoms with E-state index in [0.29, 0.717) is 0 Å². The van der Waals surface area contributed by atoms with E-state index >= 15 is 0 Å². The Morgan fingerprint density at radius 1 is 1.43 bits per heavy atom. The predicted octanol–water partition coefficient (Wildman–Crippen LogP) is 2.31. The lowest BCUT2D eigenvalue weighted by Gasteiger charge is -2.07. The highest BCUT2D eigenvalue weighted by atomic mass is 19.2. The SMILES string of the molecule is [N-]=[N+]=NC(CO)c1ccc(F)c(F)c1. The van der Waals surface area contributed by atoms with Crippen molar-refractivity contribution < 1.29 is 13.9 Å². The molecule has 0 aliphatic heterocycles. The lowest BCUT2D eigenvalue weighted by molar-refractivity contribution is 0.267. The molecule has 0 bridgehead atoms. The zero-order valence-corrected chi connectivity index (χ0v) is 7.06. The van der Waals surface area contributed by atoms with Crippen molar-refractivity contribution >= 4 is 0 Å². The fraction of sp³-hybridized carbons (Fsp3) is 0.250. The van der Waals surface area contributed by atoms with E-state index in [1.807, 2.05) is 0 Å². The first-order valence-electron chi connectivity index (χ1n) is 3.79. The van der Waals surface area contributed by atoms with E-state index in [-0.39, 0.29) is 5.56 Å². The maximum absolute atomic E-state index is 12.7. The molecule has 1 aromatic carbocycles. The summed E-state index contributed by atoms with van der Waals surface area (Å²) in [6, 6.07) is 2.19. The van der Waals surface area contributed by atoms with Gasteiger partial charge in [-0.2, -0.15) is 0 Å². The Balaban J connectivity index is 3.05. The van der Waals surface area contributed by atoms with Gasteiger partial charge in [-0.15, -0.1) is 0 Å². The molecule has 0 heterocycles. The zero-order valence-electron chi connectivity index (χ0n) is 7.06. The fourth-order valence-electron chi connectivity index (χ4n) is 0.991. The number of hydrogen-bond donors (Lipinski definition) is 1. The molecular weight excluding hydrogens is 192 g/mol. The maximum atomic E-state index is 12.7. The molecule has 0 aromatic heterocycles. The van der Waals surface area contributed by atoms with Crippen LogP contribution in [0, 0.1) is 11.6 Å². The molecule has 6 heteroatoms. The highest BCUT2D eigenvalue weighted by Crippen LogP contribution is 2.19. The van der Waals surface area contributed by atoms with Gasteiger partial charge in [0.1, 0.15) is 0 Å². The maximum Gasteiger partial charge on any atom is 0.159 e. The third-order valence-electron chi connectivity index (χ3n) is 1.69. The van der Waals surface area contributed by atoms with E-state index < -0.39 is 24.3 Å². The second-order valence-electron chi connectivity index (χ2n) is 2.58. The molecule has 0 aliphatic carbocycles. The molecular formula is C8H7F2N3O. The predicted molar refractivity (Wildman–Crippen MR) is 45.3 cm³/mol. The molecule has 1 N–H and O–H groups in total. The lowest BCUT2D eigenvalue weighted by Crippen LogP contribution is -2.01. The monoisotopic (exact) mass is 199 g/mol. The van der Waals surface area contributed by atoms with Crippen LogP contribution in [0.5, 0.6) is 0 Å². The van der Waals surface area contributed by atoms with Gasteiger partial charge in [-0.05, 0) is 23.2 Å². The summed E-state index contributed by atoms with van der Waals surface area (Å²) in [5.41, 5.74) is 8.37. The number of rotatable bonds is 3. The van der Waals surface area contributed by atoms with Gasteiger partial charge in [-0.25, -0.2) is 8.78 Å². The van der Waals surface area contributed by atoms with E-state index in [0.717, 1.165) is 12.1 Å². The normalized spacial score (nSPS) is 11.9. The van der Waals surface area contributed by atoms with Crippen molar-refractivity contribution in [3.05, 3.63) is 45.8 Å². The van der Waals surface area contributed by atoms with Crippen LogP contribution in [0.2, 0.25) is 0 Å². The van der Waals surface area contributed by atoms with Crippen LogP contribution in [0.25, 0.3) is 10.4 Å². The van der Waals surface area contributed by atoms with Gasteiger partial charge in [0.15, 0.2) is 11.6 Å². The summed E-state index contributed by atoms with van der Waals surface area (Å²) in [5, 5.41) is 12.0. The van der Waals surface area contributed by atoms with Gasteiger partial charge in [-0.1, -0.05) is 11.2 Å². The number of halogens is 2. The first kappa shape index (κ1) is 10.4. The van der Waals surface area contributed by atoms with Crippen LogP contribution in [0.3, 0.4) is 0 Å². The summed E-state index contributed by atoms with van der Waals surface area (Å²) < 4.78 is 25.2. The lowest BCUT2D eigenvalue weighted by atomic mass is 10.1. The van der Waals surface area contributed by atoms with Gasteiger partial charge >= 0.3 is 0 Å². The number of aliphatic hydroxyl groups is 1. The number of azide groups is 1. The number of aliphatic hydroxyl groups excluding tert-OH is 1. The molecule has 1 rings (SSSR count). The van der Waals surface area contributed by atoms with E-state index in [9.17, 15) is 8.78 Å². The Morgan fingerprint density at radius 2 is 2.14 bits per heavy atom. The van der Waals surface area contributed by atoms with Crippen LogP contribution in [-0.2, 0) is 0 Å². The van der Waals surface area contributed by atoms with Crippen molar-refractivity contribution in [3.8, 4) is 0 Å². The second kappa shape index (κ2) is 4.55. The topological polar surface area (TPSA) is 69.0 Å². The van der Waals surface area contributed by atoms with Crippen molar-refractivity contribution in [2.45, 2.75) is 6.04 Å². The number of nitrogens with zero attached hydrogens (tertiary/aromatic N) is 3. The summed E-state index contributed by atoms with van der Waals surface area (Å²) in [7, 11) is 0. The molecule has 14 heavy (non-hydrogen) atoms. The van der Waals surface area contributed by atoms with E-state index in [1.54, 1.807) is 0 Å². The average Bonchev–Trinajstić information content (AvgIpc) is 2.19. The van der Waals surface area contributed by atoms with Gasteiger partial charge in [0.2, 0.25) is 0 Å². The van der Waals surface area contributed by atoms with Crippen molar-refractivity contribution in [2.75, 3.05) is 6.61 Å². The van der Waals surface area contributed by atoms with Crippen LogP contribution in [0.1, 0.15) is 11.6 Å². The van der Waals surface area contributed by atoms with Gasteiger partial charge in [0, 0.05) is 4.91 Å². The van der Waals surface area contributed by atoms with Crippen molar-refractivity contribution in [3.63, 3.8) is 0 Å². The molecule has 74 valence electrons. The molecule has 1 unspecified atom stereocenters. The van der Waals surface area contributed by atoms with Crippen LogP contribution in [0.4, 0.5) is 8.78 Å². The van der Waals surface area contributed by atoms with Gasteiger partial charge in [-0.3, -0.25) is 0 Å². The molecule has 1 aromatic rings. The number of benzene rings is 1. The van der Waals surface area contributed by atoms with Gasteiger partial charge in [0.05, 0.1) is 12.6 Å². The van der Waals surface area contributed by atoms with E-state index in [1.165, 1.54) is 6.07 Å². The smallest absolute Gasteiger partial charge is 0.159 e. The minimum absolute atomic E-state index is 0.240. The Hall–Kier alpha value is -1.65. The largest absolute Gasteiger partial charge is 0.396 e. The van der Waals surface area contributed by atoms with Crippen molar-refractivity contribution in [2.24, 2.45) is 5.11 Å². The van der Waals surface area contributed by atoms with E-state index in [2.05, 4.69) is 10.0 Å². The van der Waals surface area contributed by atoms with Crippen molar-refractivity contribution in [1.29, 1.82) is 0 Å². The highest BCUT2D eigenvalue weighted by molar-refractivity contribution is 5.21. The molecule has 0 spiro atoms. The Labute approximate surface area is 78.4 Å². The summed E-state index contributed by atoms with van der Waals surface area (Å²) in [5.74, 6) is -2.01. The molecule has 0 fully saturated rings. The average molecular weight is 199 g/mol. The number of hydrogen-bond acceptors (Lipinski definition) is 2. The molecule has 1 atom stereocenters. The van der Waals surface area contributed by atoms with E-state index in [4.69, 9.17) is 10.6 Å². The second-order valence-corrected chi connectivity index (χ2v) is 2.58. The highest BCUT2D eigenvalue weighted by Gasteiger charge is 2.10. The molecule has 0 saturated carbocycles. The summed E-state index contributed by atoms with van der Waals surface area (Å²) in [4.78, 5) is 2.48. The standard InChI is InChI=1S/C8H7F2N3O/c9-6-2-1-5(3-7(6)10)8(4-14)12-13-11/h1-3,8,14H,4H2. The van der Waals surface area contributed by atoms with Gasteiger partial charge < -0.3 is 5.11 Å². The minimum atomic E-state index is -1.03. The molecule has 0 amide bonds. The molecule has 4 nitrogen and oxygen atoms in total. The van der Waals surface area contributed by atoms with Crippen molar-refractivity contribution in [1.82, 2.24) is 0 Å². The van der Waals surface area contributed by atoms with Crippen LogP contribution in [0.15, 0.2) is 23.3 Å². The molecule has 0 saturated heterocycles. The van der Waals surface area contributed by atoms with Crippen LogP contribution < -0.4 is 0 Å². The third kappa shape index (κ3) is 2.18. The van der Waals surface area contributed by atoms with Gasteiger partial charge in [0.25, 0.3) is 0 Å². The quantitative estimate of drug-likeness (QED) is 0.453. The summed E-state index contributed by atoms with van der Waals surface area (Å²) in [6.45, 7) is -0.449. The Bertz CT molecular complexity index is 377. The molecule has 0 aliphatic rings. The third-order valence-corrected chi connectivity index (χ3v) is 1.69. The fourth-order valence-corrected chi connectivity index (χ4v) is 0.991. The van der Waals surface area contributed by atoms with Crippen LogP contribution in [-0.4, -0.2) is 11.7 Å². The first-order valence-corrected chi connectivity index (χ1v) is 3.79. The first-order chi connectivity index (χ1) is 6.69.